The van der Waals surface area contributed by atoms with Crippen LogP contribution in [0.25, 0.3) is 0 Å². The summed E-state index contributed by atoms with van der Waals surface area (Å²) in [4.78, 5) is 28.0. The molecule has 2 N–H and O–H groups in total. The molecular formula is C16H19BrN4O3. The van der Waals surface area contributed by atoms with Crippen LogP contribution in [0.4, 0.5) is 22.0 Å². The zero-order valence-corrected chi connectivity index (χ0v) is 15.5. The standard InChI is InChI=1S/C16H19BrN4O3/c1-16(2,3)24-15(23)19-11-7-5-6-10(8-11)18-13-14(22)21(4)9-12(17)20-13/h5-9H,1-4H3,(H,18,20)(H,19,23). The van der Waals surface area contributed by atoms with Gasteiger partial charge in [0.1, 0.15) is 10.2 Å². The molecule has 0 atom stereocenters. The van der Waals surface area contributed by atoms with Crippen molar-refractivity contribution in [1.29, 1.82) is 0 Å². The van der Waals surface area contributed by atoms with Crippen LogP contribution < -0.4 is 16.2 Å². The quantitative estimate of drug-likeness (QED) is 0.829. The Hall–Kier alpha value is -2.35. The number of halogens is 1. The highest BCUT2D eigenvalue weighted by Gasteiger charge is 2.16. The lowest BCUT2D eigenvalue weighted by atomic mass is 10.2. The third-order valence-corrected chi connectivity index (χ3v) is 3.19. The molecule has 0 aliphatic heterocycles. The summed E-state index contributed by atoms with van der Waals surface area (Å²) in [5.74, 6) is 0.182. The van der Waals surface area contributed by atoms with E-state index in [-0.39, 0.29) is 11.4 Å². The first kappa shape index (κ1) is 18.0. The fourth-order valence-corrected chi connectivity index (χ4v) is 2.37. The number of hydrogen-bond donors (Lipinski definition) is 2. The van der Waals surface area contributed by atoms with Crippen LogP contribution in [0.2, 0.25) is 0 Å². The number of ether oxygens (including phenoxy) is 1. The Morgan fingerprint density at radius 3 is 2.62 bits per heavy atom. The maximum atomic E-state index is 12.1. The fourth-order valence-electron chi connectivity index (χ4n) is 1.88. The van der Waals surface area contributed by atoms with Gasteiger partial charge < -0.3 is 14.6 Å². The molecule has 0 aliphatic rings. The van der Waals surface area contributed by atoms with Gasteiger partial charge in [0.15, 0.2) is 5.82 Å². The van der Waals surface area contributed by atoms with Crippen LogP contribution in [0.1, 0.15) is 20.8 Å². The van der Waals surface area contributed by atoms with Crippen molar-refractivity contribution < 1.29 is 9.53 Å². The molecule has 0 fully saturated rings. The molecule has 0 radical (unpaired) electrons. The number of benzene rings is 1. The average Bonchev–Trinajstić information content (AvgIpc) is 2.42. The minimum absolute atomic E-state index is 0.182. The van der Waals surface area contributed by atoms with Crippen LogP contribution in [-0.4, -0.2) is 21.2 Å². The highest BCUT2D eigenvalue weighted by molar-refractivity contribution is 9.10. The molecule has 1 heterocycles. The zero-order chi connectivity index (χ0) is 17.9. The van der Waals surface area contributed by atoms with Crippen molar-refractivity contribution in [2.45, 2.75) is 26.4 Å². The summed E-state index contributed by atoms with van der Waals surface area (Å²) in [5, 5.41) is 5.60. The fraction of sp³-hybridized carbons (Fsp3) is 0.312. The first-order chi connectivity index (χ1) is 11.1. The molecule has 7 nitrogen and oxygen atoms in total. The average molecular weight is 395 g/mol. The number of aromatic nitrogens is 2. The molecule has 1 aromatic carbocycles. The molecule has 0 aliphatic carbocycles. The molecule has 0 unspecified atom stereocenters. The van der Waals surface area contributed by atoms with Crippen LogP contribution >= 0.6 is 15.9 Å². The van der Waals surface area contributed by atoms with Crippen molar-refractivity contribution in [3.8, 4) is 0 Å². The number of rotatable bonds is 3. The molecule has 0 spiro atoms. The van der Waals surface area contributed by atoms with Crippen LogP contribution in [0.15, 0.2) is 39.9 Å². The highest BCUT2D eigenvalue weighted by Crippen LogP contribution is 2.19. The van der Waals surface area contributed by atoms with E-state index >= 15 is 0 Å². The second-order valence-corrected chi connectivity index (χ2v) is 6.97. The number of nitrogens with one attached hydrogen (secondary N) is 2. The van der Waals surface area contributed by atoms with Gasteiger partial charge >= 0.3 is 6.09 Å². The predicted octanol–water partition coefficient (Wildman–Crippen LogP) is 3.63. The second-order valence-electron chi connectivity index (χ2n) is 6.16. The molecule has 1 amide bonds. The van der Waals surface area contributed by atoms with Crippen molar-refractivity contribution >= 4 is 39.2 Å². The van der Waals surface area contributed by atoms with E-state index in [1.807, 2.05) is 0 Å². The SMILES string of the molecule is Cn1cc(Br)nc(Nc2cccc(NC(=O)OC(C)(C)C)c2)c1=O. The smallest absolute Gasteiger partial charge is 0.412 e. The third kappa shape index (κ3) is 5.09. The largest absolute Gasteiger partial charge is 0.444 e. The molecule has 2 rings (SSSR count). The van der Waals surface area contributed by atoms with Gasteiger partial charge in [0, 0.05) is 24.6 Å². The van der Waals surface area contributed by atoms with Gasteiger partial charge in [-0.2, -0.15) is 0 Å². The van der Waals surface area contributed by atoms with E-state index in [9.17, 15) is 9.59 Å². The summed E-state index contributed by atoms with van der Waals surface area (Å²) in [6.07, 6.45) is 1.03. The molecule has 1 aromatic heterocycles. The van der Waals surface area contributed by atoms with E-state index in [4.69, 9.17) is 4.74 Å². The van der Waals surface area contributed by atoms with E-state index in [0.717, 1.165) is 0 Å². The zero-order valence-electron chi connectivity index (χ0n) is 13.9. The predicted molar refractivity (Wildman–Crippen MR) is 96.8 cm³/mol. The van der Waals surface area contributed by atoms with Gasteiger partial charge in [-0.3, -0.25) is 10.1 Å². The number of anilines is 3. The van der Waals surface area contributed by atoms with Gasteiger partial charge in [-0.25, -0.2) is 9.78 Å². The molecule has 0 bridgehead atoms. The van der Waals surface area contributed by atoms with Crippen LogP contribution in [0, 0.1) is 0 Å². The van der Waals surface area contributed by atoms with Crippen molar-refractivity contribution in [3.63, 3.8) is 0 Å². The lowest BCUT2D eigenvalue weighted by Gasteiger charge is -2.19. The summed E-state index contributed by atoms with van der Waals surface area (Å²) >= 11 is 3.25. The molecule has 24 heavy (non-hydrogen) atoms. The number of hydrogen-bond acceptors (Lipinski definition) is 5. The third-order valence-electron chi connectivity index (χ3n) is 2.81. The van der Waals surface area contributed by atoms with E-state index in [0.29, 0.717) is 16.0 Å². The summed E-state index contributed by atoms with van der Waals surface area (Å²) in [7, 11) is 1.64. The number of carbonyl (C=O) groups excluding carboxylic acids is 1. The van der Waals surface area contributed by atoms with Crippen LogP contribution in [-0.2, 0) is 11.8 Å². The van der Waals surface area contributed by atoms with Gasteiger partial charge in [0.2, 0.25) is 0 Å². The summed E-state index contributed by atoms with van der Waals surface area (Å²) < 4.78 is 7.16. The first-order valence-electron chi connectivity index (χ1n) is 7.24. The van der Waals surface area contributed by atoms with Crippen LogP contribution in [0.3, 0.4) is 0 Å². The number of carbonyl (C=O) groups is 1. The van der Waals surface area contributed by atoms with Crippen molar-refractivity contribution in [3.05, 3.63) is 45.4 Å². The number of amides is 1. The maximum Gasteiger partial charge on any atom is 0.412 e. The Balaban J connectivity index is 2.17. The Kier molecular flexibility index (Phi) is 5.28. The second kappa shape index (κ2) is 7.04. The summed E-state index contributed by atoms with van der Waals surface area (Å²) in [6.45, 7) is 5.37. The first-order valence-corrected chi connectivity index (χ1v) is 8.03. The van der Waals surface area contributed by atoms with Crippen molar-refractivity contribution in [2.75, 3.05) is 10.6 Å². The summed E-state index contributed by atoms with van der Waals surface area (Å²) in [6, 6.07) is 6.92. The van der Waals surface area contributed by atoms with E-state index in [2.05, 4.69) is 31.5 Å². The van der Waals surface area contributed by atoms with E-state index in [1.165, 1.54) is 4.57 Å². The Labute approximate surface area is 148 Å². The van der Waals surface area contributed by atoms with E-state index < -0.39 is 11.7 Å². The normalized spacial score (nSPS) is 11.0. The van der Waals surface area contributed by atoms with Gasteiger partial charge in [-0.1, -0.05) is 6.07 Å². The molecule has 8 heteroatoms. The molecule has 0 saturated heterocycles. The molecule has 2 aromatic rings. The Bertz CT molecular complexity index is 812. The van der Waals surface area contributed by atoms with Crippen LogP contribution in [0.5, 0.6) is 0 Å². The Morgan fingerprint density at radius 2 is 1.96 bits per heavy atom. The van der Waals surface area contributed by atoms with E-state index in [1.54, 1.807) is 58.3 Å². The van der Waals surface area contributed by atoms with Crippen molar-refractivity contribution in [2.24, 2.45) is 7.05 Å². The minimum atomic E-state index is -0.577. The lowest BCUT2D eigenvalue weighted by Crippen LogP contribution is -2.27. The van der Waals surface area contributed by atoms with Crippen molar-refractivity contribution in [1.82, 2.24) is 9.55 Å². The molecule has 128 valence electrons. The number of nitrogens with zero attached hydrogens (tertiary/aromatic N) is 2. The monoisotopic (exact) mass is 394 g/mol. The van der Waals surface area contributed by atoms with Gasteiger partial charge in [0.25, 0.3) is 5.56 Å². The lowest BCUT2D eigenvalue weighted by molar-refractivity contribution is 0.0636. The van der Waals surface area contributed by atoms with Gasteiger partial charge in [-0.05, 0) is 54.9 Å². The maximum absolute atomic E-state index is 12.1. The Morgan fingerprint density at radius 1 is 1.29 bits per heavy atom. The highest BCUT2D eigenvalue weighted by atomic mass is 79.9. The van der Waals surface area contributed by atoms with Gasteiger partial charge in [-0.15, -0.1) is 0 Å². The molecule has 0 saturated carbocycles. The number of aryl methyl sites for hydroxylation is 1. The summed E-state index contributed by atoms with van der Waals surface area (Å²) in [5.41, 5.74) is 0.322. The topological polar surface area (TPSA) is 85.2 Å². The van der Waals surface area contributed by atoms with Gasteiger partial charge in [0.05, 0.1) is 0 Å². The molecular weight excluding hydrogens is 376 g/mol. The minimum Gasteiger partial charge on any atom is -0.444 e.